The average Bonchev–Trinajstić information content (AvgIpc) is 3.04. The number of H-pyrrole nitrogens is 1. The number of anilines is 2. The van der Waals surface area contributed by atoms with Crippen LogP contribution in [0.4, 0.5) is 11.5 Å². The number of nitrogens with zero attached hydrogens (tertiary/aromatic N) is 6. The molecule has 3 heterocycles. The highest BCUT2D eigenvalue weighted by Crippen LogP contribution is 2.17. The number of nitrogens with one attached hydrogen (secondary N) is 1. The molecule has 0 spiro atoms. The van der Waals surface area contributed by atoms with Gasteiger partial charge in [0.25, 0.3) is 17.2 Å². The molecule has 3 aromatic rings. The Morgan fingerprint density at radius 2 is 2.00 bits per heavy atom. The fourth-order valence-corrected chi connectivity index (χ4v) is 2.95. The van der Waals surface area contributed by atoms with Crippen LogP contribution in [0.15, 0.2) is 15.7 Å². The summed E-state index contributed by atoms with van der Waals surface area (Å²) in [7, 11) is 1.38. The van der Waals surface area contributed by atoms with Crippen LogP contribution in [0, 0.1) is 13.8 Å². The van der Waals surface area contributed by atoms with Crippen molar-refractivity contribution < 1.29 is 4.79 Å². The fourth-order valence-electron chi connectivity index (χ4n) is 2.95. The third kappa shape index (κ3) is 3.26. The summed E-state index contributed by atoms with van der Waals surface area (Å²) in [5, 5.41) is 4.18. The van der Waals surface area contributed by atoms with Crippen molar-refractivity contribution in [2.45, 2.75) is 40.2 Å². The van der Waals surface area contributed by atoms with Gasteiger partial charge in [-0.3, -0.25) is 19.1 Å². The summed E-state index contributed by atoms with van der Waals surface area (Å²) in [6, 6.07) is 1.81. The number of nitrogen functional groups attached to an aromatic ring is 1. The lowest BCUT2D eigenvalue weighted by atomic mass is 10.3. The van der Waals surface area contributed by atoms with Gasteiger partial charge in [0.1, 0.15) is 5.82 Å². The maximum absolute atomic E-state index is 12.9. The van der Waals surface area contributed by atoms with Crippen LogP contribution < -0.4 is 21.9 Å². The van der Waals surface area contributed by atoms with Gasteiger partial charge < -0.3 is 10.6 Å². The highest BCUT2D eigenvalue weighted by atomic mass is 16.2. The first kappa shape index (κ1) is 19.3. The van der Waals surface area contributed by atoms with Gasteiger partial charge >= 0.3 is 5.69 Å². The number of nitrogens with two attached hydrogens (primary N) is 1. The number of rotatable bonds is 5. The number of aromatic nitrogens is 6. The summed E-state index contributed by atoms with van der Waals surface area (Å²) < 4.78 is 2.69. The minimum Gasteiger partial charge on any atom is -0.383 e. The minimum absolute atomic E-state index is 0.0769. The zero-order chi connectivity index (χ0) is 20.6. The first-order valence-corrected chi connectivity index (χ1v) is 8.86. The van der Waals surface area contributed by atoms with Gasteiger partial charge in [0, 0.05) is 25.0 Å². The monoisotopic (exact) mass is 386 g/mol. The Morgan fingerprint density at radius 3 is 2.68 bits per heavy atom. The Kier molecular flexibility index (Phi) is 4.99. The van der Waals surface area contributed by atoms with Gasteiger partial charge in [-0.1, -0.05) is 13.3 Å². The van der Waals surface area contributed by atoms with Crippen LogP contribution in [0.5, 0.6) is 0 Å². The molecular weight excluding hydrogens is 364 g/mol. The largest absolute Gasteiger partial charge is 0.383 e. The van der Waals surface area contributed by atoms with E-state index < -0.39 is 17.2 Å². The number of aryl methyl sites for hydroxylation is 2. The van der Waals surface area contributed by atoms with Crippen molar-refractivity contribution in [3.8, 4) is 0 Å². The molecule has 0 radical (unpaired) electrons. The number of amides is 1. The predicted molar refractivity (Wildman–Crippen MR) is 104 cm³/mol. The number of unbranched alkanes of at least 4 members (excludes halogenated alkanes) is 1. The molecule has 0 unspecified atom stereocenters. The molecule has 0 fully saturated rings. The smallest absolute Gasteiger partial charge is 0.330 e. The highest BCUT2D eigenvalue weighted by molar-refractivity contribution is 6.04. The van der Waals surface area contributed by atoms with Gasteiger partial charge in [0.2, 0.25) is 5.82 Å². The summed E-state index contributed by atoms with van der Waals surface area (Å²) in [5.41, 5.74) is 6.08. The number of hydrogen-bond acceptors (Lipinski definition) is 7. The molecule has 0 atom stereocenters. The van der Waals surface area contributed by atoms with Gasteiger partial charge in [0.05, 0.1) is 0 Å². The molecule has 1 amide bonds. The molecule has 0 saturated heterocycles. The van der Waals surface area contributed by atoms with Crippen LogP contribution in [0.25, 0.3) is 5.78 Å². The first-order valence-electron chi connectivity index (χ1n) is 8.86. The molecule has 0 aliphatic carbocycles. The van der Waals surface area contributed by atoms with E-state index in [1.54, 1.807) is 0 Å². The van der Waals surface area contributed by atoms with Gasteiger partial charge in [-0.2, -0.15) is 4.98 Å². The van der Waals surface area contributed by atoms with Crippen molar-refractivity contribution in [2.24, 2.45) is 0 Å². The van der Waals surface area contributed by atoms with Crippen LogP contribution in [0.2, 0.25) is 0 Å². The zero-order valence-electron chi connectivity index (χ0n) is 16.2. The van der Waals surface area contributed by atoms with Crippen LogP contribution >= 0.6 is 0 Å². The molecule has 11 nitrogen and oxygen atoms in total. The topological polar surface area (TPSA) is 144 Å². The molecule has 0 aromatic carbocycles. The van der Waals surface area contributed by atoms with Crippen LogP contribution in [0.1, 0.15) is 41.8 Å². The van der Waals surface area contributed by atoms with Crippen LogP contribution in [-0.4, -0.2) is 42.1 Å². The normalized spacial score (nSPS) is 11.1. The average molecular weight is 386 g/mol. The molecular formula is C17H22N8O3. The lowest BCUT2D eigenvalue weighted by molar-refractivity contribution is 0.0983. The second-order valence-electron chi connectivity index (χ2n) is 6.55. The summed E-state index contributed by atoms with van der Waals surface area (Å²) in [4.78, 5) is 48.9. The molecule has 148 valence electrons. The number of hydrogen-bond donors (Lipinski definition) is 2. The summed E-state index contributed by atoms with van der Waals surface area (Å²) in [5.74, 6) is -0.565. The molecule has 28 heavy (non-hydrogen) atoms. The Bertz CT molecular complexity index is 1170. The lowest BCUT2D eigenvalue weighted by Crippen LogP contribution is -2.39. The van der Waals surface area contributed by atoms with Crippen LogP contribution in [0.3, 0.4) is 0 Å². The number of carbonyl (C=O) groups is 1. The van der Waals surface area contributed by atoms with E-state index in [4.69, 9.17) is 5.73 Å². The molecule has 0 bridgehead atoms. The molecule has 0 aliphatic heterocycles. The van der Waals surface area contributed by atoms with E-state index in [1.807, 2.05) is 26.8 Å². The van der Waals surface area contributed by atoms with Gasteiger partial charge in [-0.25, -0.2) is 14.3 Å². The van der Waals surface area contributed by atoms with E-state index in [9.17, 15) is 14.4 Å². The Hall–Kier alpha value is -3.50. The van der Waals surface area contributed by atoms with Crippen molar-refractivity contribution in [1.29, 1.82) is 0 Å². The summed E-state index contributed by atoms with van der Waals surface area (Å²) >= 11 is 0. The van der Waals surface area contributed by atoms with E-state index in [-0.39, 0.29) is 23.1 Å². The third-order valence-corrected chi connectivity index (χ3v) is 4.40. The Labute approximate surface area is 159 Å². The zero-order valence-corrected chi connectivity index (χ0v) is 16.2. The van der Waals surface area contributed by atoms with Gasteiger partial charge in [0.15, 0.2) is 5.69 Å². The summed E-state index contributed by atoms with van der Waals surface area (Å²) in [6.45, 7) is 5.94. The van der Waals surface area contributed by atoms with Crippen molar-refractivity contribution in [3.05, 3.63) is 44.1 Å². The van der Waals surface area contributed by atoms with Crippen molar-refractivity contribution in [2.75, 3.05) is 17.7 Å². The maximum atomic E-state index is 12.9. The number of aromatic amines is 1. The molecule has 3 N–H and O–H groups in total. The maximum Gasteiger partial charge on any atom is 0.330 e. The standard InChI is InChI=1S/C17H22N8O3/c1-5-6-7-24-12(18)11(14(26)21-17(24)28)23(4)15(27)13-20-16-19-9(2)8-10(3)25(16)22-13/h8H,5-7,18H2,1-4H3,(H,21,26,28). The van der Waals surface area contributed by atoms with E-state index in [0.29, 0.717) is 13.0 Å². The van der Waals surface area contributed by atoms with Crippen LogP contribution in [-0.2, 0) is 6.54 Å². The van der Waals surface area contributed by atoms with Crippen molar-refractivity contribution >= 4 is 23.2 Å². The predicted octanol–water partition coefficient (Wildman–Crippen LogP) is 0.250. The van der Waals surface area contributed by atoms with Gasteiger partial charge in [-0.15, -0.1) is 5.10 Å². The fraction of sp³-hybridized carbons (Fsp3) is 0.412. The Balaban J connectivity index is 2.05. The molecule has 3 aromatic heterocycles. The van der Waals surface area contributed by atoms with E-state index in [0.717, 1.165) is 22.7 Å². The molecule has 3 rings (SSSR count). The SMILES string of the molecule is CCCCn1c(N)c(N(C)C(=O)c2nc3nc(C)cc(C)n3n2)c(=O)[nH]c1=O. The second-order valence-corrected chi connectivity index (χ2v) is 6.55. The van der Waals surface area contributed by atoms with Gasteiger partial charge in [-0.05, 0) is 26.3 Å². The van der Waals surface area contributed by atoms with Crippen molar-refractivity contribution in [3.63, 3.8) is 0 Å². The number of carbonyl (C=O) groups excluding carboxylic acids is 1. The van der Waals surface area contributed by atoms with E-state index >= 15 is 0 Å². The molecule has 0 saturated carbocycles. The number of fused-ring (bicyclic) bond motifs is 1. The summed E-state index contributed by atoms with van der Waals surface area (Å²) in [6.07, 6.45) is 1.54. The third-order valence-electron chi connectivity index (χ3n) is 4.40. The first-order chi connectivity index (χ1) is 13.2. The van der Waals surface area contributed by atoms with E-state index in [1.165, 1.54) is 16.1 Å². The van der Waals surface area contributed by atoms with Crippen molar-refractivity contribution in [1.82, 2.24) is 29.1 Å². The Morgan fingerprint density at radius 1 is 1.29 bits per heavy atom. The minimum atomic E-state index is -0.750. The molecule has 0 aliphatic rings. The molecule has 11 heteroatoms. The quantitative estimate of drug-likeness (QED) is 0.639. The highest BCUT2D eigenvalue weighted by Gasteiger charge is 2.25. The second kappa shape index (κ2) is 7.25. The lowest BCUT2D eigenvalue weighted by Gasteiger charge is -2.19. The van der Waals surface area contributed by atoms with E-state index in [2.05, 4.69) is 20.1 Å².